The van der Waals surface area contributed by atoms with E-state index in [2.05, 4.69) is 26.0 Å². The molecule has 0 unspecified atom stereocenters. The molecule has 5 aromatic rings. The summed E-state index contributed by atoms with van der Waals surface area (Å²) in [5.74, 6) is -0.541. The predicted octanol–water partition coefficient (Wildman–Crippen LogP) is 4.12. The Bertz CT molecular complexity index is 1720. The van der Waals surface area contributed by atoms with Gasteiger partial charge in [-0.15, -0.1) is 0 Å². The van der Waals surface area contributed by atoms with Crippen molar-refractivity contribution in [1.29, 1.82) is 0 Å². The van der Waals surface area contributed by atoms with Gasteiger partial charge in [0.15, 0.2) is 6.04 Å². The number of hydrazone groups is 1. The molecule has 0 radical (unpaired) electrons. The molecule has 0 saturated heterocycles. The van der Waals surface area contributed by atoms with E-state index in [0.29, 0.717) is 34.3 Å². The molecule has 40 heavy (non-hydrogen) atoms. The van der Waals surface area contributed by atoms with Crippen LogP contribution in [0, 0.1) is 0 Å². The van der Waals surface area contributed by atoms with Gasteiger partial charge >= 0.3 is 0 Å². The smallest absolute Gasteiger partial charge is 0.272 e. The van der Waals surface area contributed by atoms with Crippen molar-refractivity contribution in [3.63, 3.8) is 0 Å². The number of ether oxygens (including phenoxy) is 1. The van der Waals surface area contributed by atoms with E-state index in [4.69, 9.17) is 4.74 Å². The van der Waals surface area contributed by atoms with Gasteiger partial charge in [-0.05, 0) is 35.9 Å². The number of carbonyl (C=O) groups excluding carboxylic acids is 2. The molecule has 4 aromatic carbocycles. The fourth-order valence-electron chi connectivity index (χ4n) is 4.10. The zero-order valence-corrected chi connectivity index (χ0v) is 21.3. The highest BCUT2D eigenvalue weighted by molar-refractivity contribution is 5.99. The molecule has 9 heteroatoms. The van der Waals surface area contributed by atoms with Crippen molar-refractivity contribution in [2.45, 2.75) is 12.6 Å². The van der Waals surface area contributed by atoms with Crippen LogP contribution in [0.3, 0.4) is 0 Å². The molecule has 5 rings (SSSR count). The van der Waals surface area contributed by atoms with Gasteiger partial charge in [-0.1, -0.05) is 78.9 Å². The van der Waals surface area contributed by atoms with E-state index in [1.165, 1.54) is 6.21 Å². The lowest BCUT2D eigenvalue weighted by Gasteiger charge is -2.18. The molecule has 0 spiro atoms. The van der Waals surface area contributed by atoms with Gasteiger partial charge in [0.2, 0.25) is 0 Å². The zero-order chi connectivity index (χ0) is 27.7. The molecule has 1 heterocycles. The monoisotopic (exact) mass is 531 g/mol. The number of aromatic nitrogens is 2. The van der Waals surface area contributed by atoms with Crippen LogP contribution >= 0.6 is 0 Å². The third kappa shape index (κ3) is 6.11. The van der Waals surface area contributed by atoms with Gasteiger partial charge in [0, 0.05) is 16.5 Å². The molecule has 0 aliphatic heterocycles. The van der Waals surface area contributed by atoms with Crippen molar-refractivity contribution in [3.8, 4) is 5.75 Å². The molecule has 1 atom stereocenters. The molecule has 198 valence electrons. The van der Waals surface area contributed by atoms with E-state index in [0.717, 1.165) is 5.56 Å². The molecule has 0 fully saturated rings. The Morgan fingerprint density at radius 3 is 2.27 bits per heavy atom. The lowest BCUT2D eigenvalue weighted by Crippen LogP contribution is -2.40. The number of hydrogen-bond donors (Lipinski definition) is 3. The summed E-state index contributed by atoms with van der Waals surface area (Å²) in [7, 11) is 0. The number of amides is 2. The molecule has 3 N–H and O–H groups in total. The first-order valence-electron chi connectivity index (χ1n) is 12.5. The molecule has 9 nitrogen and oxygen atoms in total. The number of H-pyrrole nitrogens is 1. The molecule has 0 aliphatic rings. The molecular weight excluding hydrogens is 506 g/mol. The molecule has 0 aliphatic carbocycles. The maximum Gasteiger partial charge on any atom is 0.272 e. The van der Waals surface area contributed by atoms with Gasteiger partial charge in [-0.25, -0.2) is 10.5 Å². The van der Waals surface area contributed by atoms with E-state index in [1.807, 2.05) is 54.6 Å². The summed E-state index contributed by atoms with van der Waals surface area (Å²) in [5.41, 5.74) is 4.30. The number of nitrogens with one attached hydrogen (secondary N) is 3. The summed E-state index contributed by atoms with van der Waals surface area (Å²) in [6.45, 7) is 0.372. The van der Waals surface area contributed by atoms with Crippen LogP contribution in [0.1, 0.15) is 33.2 Å². The van der Waals surface area contributed by atoms with Crippen LogP contribution in [-0.4, -0.2) is 28.2 Å². The van der Waals surface area contributed by atoms with Gasteiger partial charge in [0.05, 0.1) is 11.6 Å². The first-order chi connectivity index (χ1) is 19.6. The van der Waals surface area contributed by atoms with Crippen LogP contribution in [0.15, 0.2) is 119 Å². The van der Waals surface area contributed by atoms with E-state index in [9.17, 15) is 14.4 Å². The molecule has 1 aromatic heterocycles. The number of hydrogen-bond acceptors (Lipinski definition) is 6. The fraction of sp³-hybridized carbons (Fsp3) is 0.0645. The number of rotatable bonds is 9. The Morgan fingerprint density at radius 2 is 1.50 bits per heavy atom. The first-order valence-corrected chi connectivity index (χ1v) is 12.5. The fourth-order valence-corrected chi connectivity index (χ4v) is 4.10. The van der Waals surface area contributed by atoms with Crippen LogP contribution in [-0.2, 0) is 11.4 Å². The predicted molar refractivity (Wildman–Crippen MR) is 152 cm³/mol. The van der Waals surface area contributed by atoms with E-state index in [1.54, 1.807) is 54.6 Å². The molecule has 0 bridgehead atoms. The Kier molecular flexibility index (Phi) is 8.02. The minimum atomic E-state index is -1.25. The van der Waals surface area contributed by atoms with Gasteiger partial charge in [0.1, 0.15) is 18.1 Å². The highest BCUT2D eigenvalue weighted by atomic mass is 16.5. The van der Waals surface area contributed by atoms with Crippen LogP contribution in [0.25, 0.3) is 10.8 Å². The number of benzene rings is 4. The van der Waals surface area contributed by atoms with Gasteiger partial charge in [-0.3, -0.25) is 14.4 Å². The average molecular weight is 532 g/mol. The highest BCUT2D eigenvalue weighted by Crippen LogP contribution is 2.21. The van der Waals surface area contributed by atoms with Gasteiger partial charge in [-0.2, -0.15) is 10.2 Å². The summed E-state index contributed by atoms with van der Waals surface area (Å²) >= 11 is 0. The van der Waals surface area contributed by atoms with Crippen molar-refractivity contribution < 1.29 is 14.3 Å². The first kappa shape index (κ1) is 26.1. The zero-order valence-electron chi connectivity index (χ0n) is 21.3. The summed E-state index contributed by atoms with van der Waals surface area (Å²) < 4.78 is 5.95. The second kappa shape index (κ2) is 12.3. The van der Waals surface area contributed by atoms with Crippen molar-refractivity contribution in [1.82, 2.24) is 20.9 Å². The third-order valence-corrected chi connectivity index (χ3v) is 6.11. The van der Waals surface area contributed by atoms with E-state index in [-0.39, 0.29) is 5.69 Å². The van der Waals surface area contributed by atoms with Crippen LogP contribution in [0.4, 0.5) is 0 Å². The maximum atomic E-state index is 13.4. The summed E-state index contributed by atoms with van der Waals surface area (Å²) in [5, 5.41) is 14.2. The Balaban J connectivity index is 1.39. The summed E-state index contributed by atoms with van der Waals surface area (Å²) in [4.78, 5) is 38.8. The largest absolute Gasteiger partial charge is 0.488 e. The minimum absolute atomic E-state index is 0.179. The summed E-state index contributed by atoms with van der Waals surface area (Å²) in [6.07, 6.45) is 1.46. The van der Waals surface area contributed by atoms with Crippen molar-refractivity contribution in [3.05, 3.63) is 142 Å². The highest BCUT2D eigenvalue weighted by Gasteiger charge is 2.27. The second-order valence-corrected chi connectivity index (χ2v) is 8.80. The number of fused-ring (bicyclic) bond motifs is 1. The van der Waals surface area contributed by atoms with Crippen molar-refractivity contribution >= 4 is 28.8 Å². The standard InChI is InChI=1S/C31H25N5O4/c37-29(22-13-5-2-6-14-22)33-28(27-24-16-8-9-17-25(24)30(38)36-34-27)31(39)35-32-19-23-15-7-10-18-26(23)40-20-21-11-3-1-4-12-21/h1-19,28H,20H2,(H,33,37)(H,35,39)(H,36,38)/b32-19+/t28-/m1/s1. The minimum Gasteiger partial charge on any atom is -0.488 e. The van der Waals surface area contributed by atoms with Gasteiger partial charge in [0.25, 0.3) is 17.4 Å². The number of carbonyl (C=O) groups is 2. The maximum absolute atomic E-state index is 13.4. The van der Waals surface area contributed by atoms with Gasteiger partial charge < -0.3 is 10.1 Å². The lowest BCUT2D eigenvalue weighted by atomic mass is 10.0. The van der Waals surface area contributed by atoms with Crippen molar-refractivity contribution in [2.75, 3.05) is 0 Å². The summed E-state index contributed by atoms with van der Waals surface area (Å²) in [6, 6.07) is 31.0. The second-order valence-electron chi connectivity index (χ2n) is 8.80. The topological polar surface area (TPSA) is 126 Å². The molecule has 2 amide bonds. The average Bonchev–Trinajstić information content (AvgIpc) is 3.01. The van der Waals surface area contributed by atoms with E-state index >= 15 is 0 Å². The Labute approximate surface area is 229 Å². The Morgan fingerprint density at radius 1 is 0.850 bits per heavy atom. The lowest BCUT2D eigenvalue weighted by molar-refractivity contribution is -0.123. The number of aromatic amines is 1. The van der Waals surface area contributed by atoms with Crippen LogP contribution in [0.5, 0.6) is 5.75 Å². The van der Waals surface area contributed by atoms with E-state index < -0.39 is 23.4 Å². The number of nitrogens with zero attached hydrogens (tertiary/aromatic N) is 2. The quantitative estimate of drug-likeness (QED) is 0.195. The van der Waals surface area contributed by atoms with Crippen LogP contribution < -0.4 is 21.0 Å². The van der Waals surface area contributed by atoms with Crippen LogP contribution in [0.2, 0.25) is 0 Å². The Hall–Kier alpha value is -5.57. The molecule has 0 saturated carbocycles. The number of para-hydroxylation sites is 1. The molecular formula is C31H25N5O4. The third-order valence-electron chi connectivity index (χ3n) is 6.11. The van der Waals surface area contributed by atoms with Crippen molar-refractivity contribution in [2.24, 2.45) is 5.10 Å². The normalized spacial score (nSPS) is 11.7. The SMILES string of the molecule is O=C(N[C@@H](C(=O)N/N=C/c1ccccc1OCc1ccccc1)c1n[nH]c(=O)c2ccccc12)c1ccccc1.